The fraction of sp³-hybridized carbons (Fsp3) is 0.423. The number of nitrogen functional groups attached to an aromatic ring is 1. The van der Waals surface area contributed by atoms with E-state index in [-0.39, 0.29) is 11.6 Å². The van der Waals surface area contributed by atoms with Gasteiger partial charge in [-0.05, 0) is 38.3 Å². The summed E-state index contributed by atoms with van der Waals surface area (Å²) in [5, 5.41) is 13.6. The normalized spacial score (nSPS) is 23.8. The van der Waals surface area contributed by atoms with E-state index in [0.29, 0.717) is 15.3 Å². The van der Waals surface area contributed by atoms with Gasteiger partial charge in [-0.1, -0.05) is 36.4 Å². The van der Waals surface area contributed by atoms with Crippen molar-refractivity contribution in [2.75, 3.05) is 12.3 Å². The standard InChI is InChI=1S/C26H29F4N4O8P/c1-14(2)40-22(36)15(3)33-43(38,42-18-10-6-8-16-7-4-5-9-17(16)18)39-13-25(23(27)28)26(29,30)20(35)21(41-25)34-12-11-19(31)32-24(34)37/h4-12,14-15,20-21,23,35H,13H2,1-3H3,(H,33,38)(H2,31,32,37)/t15-,20+,21+,25-,43-/m0/s1. The second kappa shape index (κ2) is 12.2. The van der Waals surface area contributed by atoms with Crippen molar-refractivity contribution in [3.8, 4) is 5.75 Å². The Labute approximate surface area is 242 Å². The van der Waals surface area contributed by atoms with Crippen LogP contribution in [-0.2, 0) is 23.4 Å². The first-order chi connectivity index (χ1) is 20.1. The van der Waals surface area contributed by atoms with Gasteiger partial charge in [0.25, 0.3) is 6.43 Å². The Morgan fingerprint density at radius 1 is 1.19 bits per heavy atom. The van der Waals surface area contributed by atoms with E-state index in [1.165, 1.54) is 19.1 Å². The minimum atomic E-state index is -4.99. The molecule has 5 atom stereocenters. The highest BCUT2D eigenvalue weighted by atomic mass is 31.2. The Morgan fingerprint density at radius 2 is 1.86 bits per heavy atom. The number of nitrogens with one attached hydrogen (secondary N) is 1. The zero-order valence-electron chi connectivity index (χ0n) is 23.0. The predicted octanol–water partition coefficient (Wildman–Crippen LogP) is 3.64. The number of ether oxygens (including phenoxy) is 2. The summed E-state index contributed by atoms with van der Waals surface area (Å²) in [5.41, 5.74) is 0.182. The largest absolute Gasteiger partial charge is 0.462 e. The summed E-state index contributed by atoms with van der Waals surface area (Å²) in [6, 6.07) is 10.8. The monoisotopic (exact) mass is 632 g/mol. The number of aliphatic hydroxyl groups excluding tert-OH is 1. The van der Waals surface area contributed by atoms with E-state index in [2.05, 4.69) is 10.1 Å². The van der Waals surface area contributed by atoms with Crippen molar-refractivity contribution in [3.05, 3.63) is 65.2 Å². The molecule has 12 nitrogen and oxygen atoms in total. The molecule has 3 aromatic rings. The van der Waals surface area contributed by atoms with Gasteiger partial charge in [0.1, 0.15) is 17.6 Å². The molecule has 1 fully saturated rings. The van der Waals surface area contributed by atoms with Gasteiger partial charge in [-0.15, -0.1) is 0 Å². The third-order valence-electron chi connectivity index (χ3n) is 6.49. The van der Waals surface area contributed by atoms with Crippen LogP contribution in [0, 0.1) is 0 Å². The van der Waals surface area contributed by atoms with Gasteiger partial charge in [-0.3, -0.25) is 13.9 Å². The van der Waals surface area contributed by atoms with E-state index in [4.69, 9.17) is 24.3 Å². The van der Waals surface area contributed by atoms with Crippen LogP contribution in [0.25, 0.3) is 10.8 Å². The molecule has 0 amide bonds. The van der Waals surface area contributed by atoms with E-state index < -0.39 is 68.4 Å². The molecule has 43 heavy (non-hydrogen) atoms. The van der Waals surface area contributed by atoms with Gasteiger partial charge in [0.15, 0.2) is 12.3 Å². The first-order valence-electron chi connectivity index (χ1n) is 12.9. The molecule has 4 N–H and O–H groups in total. The van der Waals surface area contributed by atoms with E-state index in [1.54, 1.807) is 44.2 Å². The second-order valence-electron chi connectivity index (χ2n) is 9.98. The van der Waals surface area contributed by atoms with Crippen LogP contribution in [0.4, 0.5) is 23.4 Å². The molecule has 4 rings (SSSR count). The SMILES string of the molecule is CC(C)OC(=O)[C@H](C)N[P@](=O)(OC[C@@]1(C(F)F)O[C@@H](n2ccc(N)nc2=O)[C@@H](O)C1(F)F)Oc1cccc2ccccc12. The summed E-state index contributed by atoms with van der Waals surface area (Å²) >= 11 is 0. The van der Waals surface area contributed by atoms with Gasteiger partial charge in [0.2, 0.25) is 5.60 Å². The number of esters is 1. The third kappa shape index (κ3) is 6.38. The molecule has 2 aromatic carbocycles. The maximum atomic E-state index is 15.5. The Balaban J connectivity index is 1.71. The molecule has 0 radical (unpaired) electrons. The molecule has 1 saturated heterocycles. The minimum Gasteiger partial charge on any atom is -0.462 e. The number of hydrogen-bond acceptors (Lipinski definition) is 10. The van der Waals surface area contributed by atoms with Gasteiger partial charge in [-0.2, -0.15) is 18.9 Å². The molecule has 234 valence electrons. The Kier molecular flexibility index (Phi) is 9.19. The average Bonchev–Trinajstić information content (AvgIpc) is 3.13. The molecule has 1 aliphatic heterocycles. The van der Waals surface area contributed by atoms with Crippen molar-refractivity contribution in [2.24, 2.45) is 0 Å². The molecule has 0 unspecified atom stereocenters. The van der Waals surface area contributed by atoms with Crippen molar-refractivity contribution >= 4 is 30.3 Å². The van der Waals surface area contributed by atoms with Crippen LogP contribution in [0.1, 0.15) is 27.0 Å². The first-order valence-corrected chi connectivity index (χ1v) is 14.4. The quantitative estimate of drug-likeness (QED) is 0.161. The van der Waals surface area contributed by atoms with Gasteiger partial charge in [0.05, 0.1) is 12.7 Å². The van der Waals surface area contributed by atoms with Crippen LogP contribution in [0.2, 0.25) is 0 Å². The van der Waals surface area contributed by atoms with Crippen LogP contribution >= 0.6 is 7.75 Å². The van der Waals surface area contributed by atoms with Gasteiger partial charge in [0, 0.05) is 11.6 Å². The summed E-state index contributed by atoms with van der Waals surface area (Å²) in [7, 11) is -4.99. The lowest BCUT2D eigenvalue weighted by Gasteiger charge is -2.34. The van der Waals surface area contributed by atoms with E-state index >= 15 is 8.78 Å². The number of rotatable bonds is 11. The van der Waals surface area contributed by atoms with E-state index in [1.807, 2.05) is 0 Å². The smallest absolute Gasteiger partial charge is 0.459 e. The Hall–Kier alpha value is -3.56. The van der Waals surface area contributed by atoms with Crippen molar-refractivity contribution in [3.63, 3.8) is 0 Å². The number of aromatic nitrogens is 2. The van der Waals surface area contributed by atoms with Crippen LogP contribution < -0.4 is 21.0 Å². The summed E-state index contributed by atoms with van der Waals surface area (Å²) in [5.74, 6) is -6.11. The maximum absolute atomic E-state index is 15.5. The maximum Gasteiger partial charge on any atom is 0.459 e. The molecule has 0 bridgehead atoms. The van der Waals surface area contributed by atoms with Crippen molar-refractivity contribution in [1.82, 2.24) is 14.6 Å². The molecule has 1 aliphatic rings. The van der Waals surface area contributed by atoms with Gasteiger partial charge >= 0.3 is 25.3 Å². The van der Waals surface area contributed by atoms with Gasteiger partial charge in [-0.25, -0.2) is 18.1 Å². The predicted molar refractivity (Wildman–Crippen MR) is 145 cm³/mol. The number of halogens is 4. The molecule has 0 spiro atoms. The molecular formula is C26H29F4N4O8P. The fourth-order valence-electron chi connectivity index (χ4n) is 4.31. The number of alkyl halides is 4. The average molecular weight is 633 g/mol. The number of benzene rings is 2. The van der Waals surface area contributed by atoms with Crippen LogP contribution in [0.15, 0.2) is 59.5 Å². The lowest BCUT2D eigenvalue weighted by molar-refractivity contribution is -0.242. The van der Waals surface area contributed by atoms with Crippen molar-refractivity contribution in [2.45, 2.75) is 63.2 Å². The molecule has 0 saturated carbocycles. The highest BCUT2D eigenvalue weighted by molar-refractivity contribution is 7.52. The number of nitrogens with zero attached hydrogens (tertiary/aromatic N) is 2. The molecule has 17 heteroatoms. The number of carbonyl (C=O) groups is 1. The highest BCUT2D eigenvalue weighted by Gasteiger charge is 2.74. The second-order valence-corrected chi connectivity index (χ2v) is 11.7. The number of carbonyl (C=O) groups excluding carboxylic acids is 1. The lowest BCUT2D eigenvalue weighted by atomic mass is 9.95. The molecule has 2 heterocycles. The molecular weight excluding hydrogens is 603 g/mol. The zero-order chi connectivity index (χ0) is 31.7. The number of nitrogens with two attached hydrogens (primary N) is 1. The number of aliphatic hydroxyl groups is 1. The fourth-order valence-corrected chi connectivity index (χ4v) is 5.85. The summed E-state index contributed by atoms with van der Waals surface area (Å²) in [6.45, 7) is 2.46. The van der Waals surface area contributed by atoms with E-state index in [9.17, 15) is 28.0 Å². The number of hydrogen-bond donors (Lipinski definition) is 3. The zero-order valence-corrected chi connectivity index (χ0v) is 23.9. The molecule has 0 aliphatic carbocycles. The van der Waals surface area contributed by atoms with E-state index in [0.717, 1.165) is 12.3 Å². The Bertz CT molecular complexity index is 1590. The van der Waals surface area contributed by atoms with Crippen LogP contribution in [0.5, 0.6) is 5.75 Å². The Morgan fingerprint density at radius 3 is 2.51 bits per heavy atom. The lowest BCUT2D eigenvalue weighted by Crippen LogP contribution is -2.57. The molecule has 1 aromatic heterocycles. The highest BCUT2D eigenvalue weighted by Crippen LogP contribution is 2.54. The van der Waals surface area contributed by atoms with Crippen molar-refractivity contribution < 1.29 is 50.5 Å². The summed E-state index contributed by atoms with van der Waals surface area (Å²) < 4.78 is 95.2. The number of anilines is 1. The van der Waals surface area contributed by atoms with Crippen LogP contribution in [0.3, 0.4) is 0 Å². The first kappa shape index (κ1) is 32.4. The minimum absolute atomic E-state index is 0.0963. The number of fused-ring (bicyclic) bond motifs is 1. The topological polar surface area (TPSA) is 164 Å². The summed E-state index contributed by atoms with van der Waals surface area (Å²) in [4.78, 5) is 28.1. The third-order valence-corrected chi connectivity index (χ3v) is 8.10. The summed E-state index contributed by atoms with van der Waals surface area (Å²) in [6.07, 6.45) is -9.18. The van der Waals surface area contributed by atoms with Gasteiger partial charge < -0.3 is 24.8 Å². The van der Waals surface area contributed by atoms with Crippen LogP contribution in [-0.4, -0.2) is 63.4 Å². The van der Waals surface area contributed by atoms with Crippen molar-refractivity contribution in [1.29, 1.82) is 0 Å².